The summed E-state index contributed by atoms with van der Waals surface area (Å²) in [6, 6.07) is 6.10. The van der Waals surface area contributed by atoms with Gasteiger partial charge in [0.25, 0.3) is 0 Å². The molecule has 0 atom stereocenters. The van der Waals surface area contributed by atoms with Gasteiger partial charge < -0.3 is 9.72 Å². The van der Waals surface area contributed by atoms with Crippen molar-refractivity contribution >= 4 is 22.4 Å². The summed E-state index contributed by atoms with van der Waals surface area (Å²) in [5.41, 5.74) is 4.09. The van der Waals surface area contributed by atoms with Gasteiger partial charge >= 0.3 is 0 Å². The van der Waals surface area contributed by atoms with Gasteiger partial charge in [-0.1, -0.05) is 6.07 Å². The summed E-state index contributed by atoms with van der Waals surface area (Å²) in [5.74, 6) is 0. The van der Waals surface area contributed by atoms with Gasteiger partial charge in [-0.15, -0.1) is 11.3 Å². The normalized spacial score (nSPS) is 11.1. The van der Waals surface area contributed by atoms with Crippen molar-refractivity contribution in [1.29, 1.82) is 0 Å². The zero-order valence-corrected chi connectivity index (χ0v) is 10.1. The molecule has 0 spiro atoms. The van der Waals surface area contributed by atoms with E-state index in [2.05, 4.69) is 21.0 Å². The molecule has 0 aliphatic heterocycles. The lowest BCUT2D eigenvalue weighted by molar-refractivity contribution is 0.184. The van der Waals surface area contributed by atoms with E-state index in [1.165, 1.54) is 0 Å². The average Bonchev–Trinajstić information content (AvgIpc) is 2.96. The Morgan fingerprint density at radius 3 is 3.24 bits per heavy atom. The summed E-state index contributed by atoms with van der Waals surface area (Å²) < 4.78 is 5.07. The van der Waals surface area contributed by atoms with Gasteiger partial charge in [0.05, 0.1) is 29.7 Å². The van der Waals surface area contributed by atoms with Crippen LogP contribution in [0.15, 0.2) is 29.9 Å². The van der Waals surface area contributed by atoms with Crippen molar-refractivity contribution in [3.8, 4) is 11.3 Å². The first-order valence-corrected chi connectivity index (χ1v) is 6.11. The summed E-state index contributed by atoms with van der Waals surface area (Å²) in [6.45, 7) is 0.566. The lowest BCUT2D eigenvalue weighted by atomic mass is 10.1. The molecule has 0 saturated heterocycles. The Bertz CT molecular complexity index is 644. The molecule has 5 heteroatoms. The maximum absolute atomic E-state index is 5.07. The fourth-order valence-corrected chi connectivity index (χ4v) is 2.50. The molecule has 17 heavy (non-hydrogen) atoms. The van der Waals surface area contributed by atoms with E-state index in [1.54, 1.807) is 24.8 Å². The quantitative estimate of drug-likeness (QED) is 0.772. The van der Waals surface area contributed by atoms with E-state index in [9.17, 15) is 0 Å². The monoisotopic (exact) mass is 245 g/mol. The van der Waals surface area contributed by atoms with E-state index in [1.807, 2.05) is 17.5 Å². The van der Waals surface area contributed by atoms with Gasteiger partial charge in [-0.3, -0.25) is 0 Å². The second kappa shape index (κ2) is 4.27. The highest BCUT2D eigenvalue weighted by Gasteiger charge is 2.05. The van der Waals surface area contributed by atoms with Gasteiger partial charge in [0.1, 0.15) is 5.01 Å². The van der Waals surface area contributed by atoms with Crippen LogP contribution in [0.1, 0.15) is 5.01 Å². The zero-order chi connectivity index (χ0) is 11.7. The number of nitrogens with zero attached hydrogens (tertiary/aromatic N) is 2. The molecule has 0 amide bonds. The fourth-order valence-electron chi connectivity index (χ4n) is 1.73. The van der Waals surface area contributed by atoms with Crippen LogP contribution in [-0.2, 0) is 11.3 Å². The van der Waals surface area contributed by atoms with Gasteiger partial charge in [-0.2, -0.15) is 0 Å². The Labute approximate surface area is 102 Å². The van der Waals surface area contributed by atoms with Gasteiger partial charge in [0.2, 0.25) is 0 Å². The van der Waals surface area contributed by atoms with Crippen molar-refractivity contribution < 1.29 is 4.74 Å². The minimum atomic E-state index is 0.566. The molecule has 2 heterocycles. The topological polar surface area (TPSA) is 50.8 Å². The molecule has 1 N–H and O–H groups in total. The molecule has 0 bridgehead atoms. The molecule has 1 aromatic carbocycles. The first kappa shape index (κ1) is 10.4. The number of benzene rings is 1. The third-order valence-electron chi connectivity index (χ3n) is 2.54. The number of aromatic nitrogens is 3. The minimum absolute atomic E-state index is 0.566. The SMILES string of the molecule is COCc1nc(-c2ccc3nc[nH]c3c2)cs1. The highest BCUT2D eigenvalue weighted by atomic mass is 32.1. The molecule has 0 aliphatic carbocycles. The Morgan fingerprint density at radius 1 is 1.41 bits per heavy atom. The first-order valence-electron chi connectivity index (χ1n) is 5.23. The minimum Gasteiger partial charge on any atom is -0.378 e. The molecule has 0 radical (unpaired) electrons. The maximum atomic E-state index is 5.07. The maximum Gasteiger partial charge on any atom is 0.119 e. The standard InChI is InChI=1S/C12H11N3OS/c1-16-5-12-15-11(6-17-12)8-2-3-9-10(4-8)14-7-13-9/h2-4,6-7H,5H2,1H3,(H,13,14). The Kier molecular flexibility index (Phi) is 2.62. The van der Waals surface area contributed by atoms with E-state index < -0.39 is 0 Å². The Morgan fingerprint density at radius 2 is 2.35 bits per heavy atom. The lowest BCUT2D eigenvalue weighted by Gasteiger charge is -1.96. The molecule has 86 valence electrons. The van der Waals surface area contributed by atoms with E-state index in [0.29, 0.717) is 6.61 Å². The summed E-state index contributed by atoms with van der Waals surface area (Å²) in [7, 11) is 1.68. The number of nitrogens with one attached hydrogen (secondary N) is 1. The van der Waals surface area contributed by atoms with Crippen LogP contribution in [0.25, 0.3) is 22.3 Å². The Hall–Kier alpha value is -1.72. The van der Waals surface area contributed by atoms with E-state index >= 15 is 0 Å². The smallest absolute Gasteiger partial charge is 0.119 e. The summed E-state index contributed by atoms with van der Waals surface area (Å²) in [6.07, 6.45) is 1.70. The van der Waals surface area contributed by atoms with Crippen LogP contribution < -0.4 is 0 Å². The highest BCUT2D eigenvalue weighted by Crippen LogP contribution is 2.24. The number of fused-ring (bicyclic) bond motifs is 1. The summed E-state index contributed by atoms with van der Waals surface area (Å²) in [4.78, 5) is 11.8. The zero-order valence-electron chi connectivity index (χ0n) is 9.30. The molecule has 0 saturated carbocycles. The largest absolute Gasteiger partial charge is 0.378 e. The van der Waals surface area contributed by atoms with Crippen molar-refractivity contribution in [2.45, 2.75) is 6.61 Å². The van der Waals surface area contributed by atoms with Crippen molar-refractivity contribution in [1.82, 2.24) is 15.0 Å². The molecule has 0 fully saturated rings. The van der Waals surface area contributed by atoms with Crippen LogP contribution in [-0.4, -0.2) is 22.1 Å². The molecular weight excluding hydrogens is 234 g/mol. The number of hydrogen-bond donors (Lipinski definition) is 1. The van der Waals surface area contributed by atoms with E-state index in [0.717, 1.165) is 27.3 Å². The molecular formula is C12H11N3OS. The van der Waals surface area contributed by atoms with E-state index in [4.69, 9.17) is 4.74 Å². The Balaban J connectivity index is 2.00. The van der Waals surface area contributed by atoms with Gasteiger partial charge in [-0.05, 0) is 12.1 Å². The molecule has 4 nitrogen and oxygen atoms in total. The third kappa shape index (κ3) is 1.94. The van der Waals surface area contributed by atoms with Crippen LogP contribution >= 0.6 is 11.3 Å². The van der Waals surface area contributed by atoms with Crippen LogP contribution in [0.5, 0.6) is 0 Å². The van der Waals surface area contributed by atoms with Gasteiger partial charge in [0.15, 0.2) is 0 Å². The number of H-pyrrole nitrogens is 1. The summed E-state index contributed by atoms with van der Waals surface area (Å²) in [5, 5.41) is 3.04. The second-order valence-electron chi connectivity index (χ2n) is 3.69. The molecule has 2 aromatic heterocycles. The molecule has 0 aliphatic rings. The number of ether oxygens (including phenoxy) is 1. The highest BCUT2D eigenvalue weighted by molar-refractivity contribution is 7.09. The number of hydrogen-bond acceptors (Lipinski definition) is 4. The van der Waals surface area contributed by atoms with Gasteiger partial charge in [0, 0.05) is 18.1 Å². The first-order chi connectivity index (χ1) is 8.36. The number of aromatic amines is 1. The summed E-state index contributed by atoms with van der Waals surface area (Å²) >= 11 is 1.61. The van der Waals surface area contributed by atoms with Crippen molar-refractivity contribution in [2.24, 2.45) is 0 Å². The third-order valence-corrected chi connectivity index (χ3v) is 3.36. The van der Waals surface area contributed by atoms with Crippen LogP contribution in [0.3, 0.4) is 0 Å². The van der Waals surface area contributed by atoms with Crippen LogP contribution in [0, 0.1) is 0 Å². The lowest BCUT2D eigenvalue weighted by Crippen LogP contribution is -1.86. The molecule has 3 aromatic rings. The number of imidazole rings is 1. The molecule has 3 rings (SSSR count). The van der Waals surface area contributed by atoms with Crippen LogP contribution in [0.4, 0.5) is 0 Å². The second-order valence-corrected chi connectivity index (χ2v) is 4.64. The predicted molar refractivity (Wildman–Crippen MR) is 67.9 cm³/mol. The number of rotatable bonds is 3. The average molecular weight is 245 g/mol. The number of methoxy groups -OCH3 is 1. The van der Waals surface area contributed by atoms with Gasteiger partial charge in [-0.25, -0.2) is 9.97 Å². The van der Waals surface area contributed by atoms with Crippen molar-refractivity contribution in [3.05, 3.63) is 34.9 Å². The predicted octanol–water partition coefficient (Wildman–Crippen LogP) is 2.83. The number of thiazole rings is 1. The van der Waals surface area contributed by atoms with Crippen molar-refractivity contribution in [3.63, 3.8) is 0 Å². The molecule has 0 unspecified atom stereocenters. The van der Waals surface area contributed by atoms with Crippen LogP contribution in [0.2, 0.25) is 0 Å². The fraction of sp³-hybridized carbons (Fsp3) is 0.167. The van der Waals surface area contributed by atoms with Crippen molar-refractivity contribution in [2.75, 3.05) is 7.11 Å². The van der Waals surface area contributed by atoms with E-state index in [-0.39, 0.29) is 0 Å².